The summed E-state index contributed by atoms with van der Waals surface area (Å²) >= 11 is 0. The molecule has 0 amide bonds. The van der Waals surface area contributed by atoms with Crippen molar-refractivity contribution < 1.29 is 0 Å². The van der Waals surface area contributed by atoms with E-state index in [1.54, 1.807) is 0 Å². The summed E-state index contributed by atoms with van der Waals surface area (Å²) in [6.45, 7) is 4.58. The van der Waals surface area contributed by atoms with E-state index in [1.165, 1.54) is 33.4 Å². The highest BCUT2D eigenvalue weighted by Crippen LogP contribution is 2.35. The van der Waals surface area contributed by atoms with Gasteiger partial charge in [-0.2, -0.15) is 0 Å². The molecule has 7 aromatic rings. The average Bonchev–Trinajstić information content (AvgIpc) is 3.13. The summed E-state index contributed by atoms with van der Waals surface area (Å²) < 4.78 is 0. The second kappa shape index (κ2) is 12.2. The number of rotatable bonds is 7. The Morgan fingerprint density at radius 2 is 0.711 bits per heavy atom. The van der Waals surface area contributed by atoms with E-state index in [1.807, 2.05) is 36.4 Å². The highest BCUT2D eigenvalue weighted by Gasteiger charge is 2.23. The van der Waals surface area contributed by atoms with Crippen LogP contribution >= 0.6 is 0 Å². The first-order chi connectivity index (χ1) is 22.0. The monoisotopic (exact) mass is 578 g/mol. The molecule has 2 heteroatoms. The number of aromatic nitrogens is 2. The molecule has 0 atom stereocenters. The van der Waals surface area contributed by atoms with E-state index in [0.717, 1.165) is 33.9 Å². The third-order valence-corrected chi connectivity index (χ3v) is 8.64. The van der Waals surface area contributed by atoms with Gasteiger partial charge in [0.25, 0.3) is 0 Å². The lowest BCUT2D eigenvalue weighted by Gasteiger charge is -2.26. The van der Waals surface area contributed by atoms with Crippen LogP contribution in [0.2, 0.25) is 0 Å². The molecule has 0 saturated carbocycles. The van der Waals surface area contributed by atoms with Gasteiger partial charge in [0.05, 0.1) is 11.4 Å². The van der Waals surface area contributed by atoms with E-state index in [0.29, 0.717) is 0 Å². The second-order valence-corrected chi connectivity index (χ2v) is 11.9. The molecule has 0 bridgehead atoms. The third-order valence-electron chi connectivity index (χ3n) is 8.64. The second-order valence-electron chi connectivity index (χ2n) is 11.9. The standard InChI is InChI=1S/C43H34N2/c1-43(2,38-25-21-32(22-26-38)37-20-12-19-36(29-37)31-13-6-3-7-14-31)39-27-23-34(24-28-39)41-30-40(33-15-8-4-9-16-33)44-42(45-41)35-17-10-5-11-18-35/h3-30H,1-2H3. The molecule has 0 unspecified atom stereocenters. The molecule has 0 aliphatic carbocycles. The van der Waals surface area contributed by atoms with E-state index in [4.69, 9.17) is 9.97 Å². The molecule has 45 heavy (non-hydrogen) atoms. The van der Waals surface area contributed by atoms with E-state index >= 15 is 0 Å². The van der Waals surface area contributed by atoms with Gasteiger partial charge < -0.3 is 0 Å². The van der Waals surface area contributed by atoms with Crippen molar-refractivity contribution in [2.24, 2.45) is 0 Å². The summed E-state index contributed by atoms with van der Waals surface area (Å²) in [7, 11) is 0. The fourth-order valence-corrected chi connectivity index (χ4v) is 5.88. The van der Waals surface area contributed by atoms with Gasteiger partial charge in [-0.05, 0) is 45.5 Å². The van der Waals surface area contributed by atoms with Crippen LogP contribution in [0.15, 0.2) is 170 Å². The molecular weight excluding hydrogens is 544 g/mol. The van der Waals surface area contributed by atoms with E-state index in [2.05, 4.69) is 147 Å². The first kappa shape index (κ1) is 28.2. The fourth-order valence-electron chi connectivity index (χ4n) is 5.88. The minimum absolute atomic E-state index is 0.168. The summed E-state index contributed by atoms with van der Waals surface area (Å²) in [6.07, 6.45) is 0. The Balaban J connectivity index is 1.17. The van der Waals surface area contributed by atoms with Crippen molar-refractivity contribution in [3.05, 3.63) is 181 Å². The van der Waals surface area contributed by atoms with Gasteiger partial charge in [-0.15, -0.1) is 0 Å². The highest BCUT2D eigenvalue weighted by atomic mass is 14.9. The van der Waals surface area contributed by atoms with Gasteiger partial charge in [-0.25, -0.2) is 9.97 Å². The molecule has 1 heterocycles. The number of hydrogen-bond acceptors (Lipinski definition) is 2. The van der Waals surface area contributed by atoms with Gasteiger partial charge in [0, 0.05) is 22.1 Å². The Morgan fingerprint density at radius 3 is 1.22 bits per heavy atom. The molecule has 0 spiro atoms. The minimum Gasteiger partial charge on any atom is -0.228 e. The van der Waals surface area contributed by atoms with Gasteiger partial charge in [0.2, 0.25) is 0 Å². The lowest BCUT2D eigenvalue weighted by atomic mass is 9.77. The van der Waals surface area contributed by atoms with Crippen molar-refractivity contribution in [2.45, 2.75) is 19.3 Å². The van der Waals surface area contributed by atoms with Crippen LogP contribution in [0.5, 0.6) is 0 Å². The van der Waals surface area contributed by atoms with Crippen molar-refractivity contribution >= 4 is 0 Å². The molecule has 0 N–H and O–H groups in total. The van der Waals surface area contributed by atoms with E-state index < -0.39 is 0 Å². The van der Waals surface area contributed by atoms with Crippen molar-refractivity contribution in [1.29, 1.82) is 0 Å². The quantitative estimate of drug-likeness (QED) is 0.188. The Bertz CT molecular complexity index is 1970. The largest absolute Gasteiger partial charge is 0.228 e. The first-order valence-corrected chi connectivity index (χ1v) is 15.4. The molecular formula is C43H34N2. The summed E-state index contributed by atoms with van der Waals surface area (Å²) in [5.74, 6) is 0.728. The molecule has 6 aromatic carbocycles. The fraction of sp³-hybridized carbons (Fsp3) is 0.0698. The molecule has 0 aliphatic rings. The summed E-state index contributed by atoms with van der Waals surface area (Å²) in [5.41, 5.74) is 12.2. The van der Waals surface area contributed by atoms with Gasteiger partial charge in [0.1, 0.15) is 0 Å². The first-order valence-electron chi connectivity index (χ1n) is 15.4. The van der Waals surface area contributed by atoms with Crippen LogP contribution in [0.4, 0.5) is 0 Å². The topological polar surface area (TPSA) is 25.8 Å². The van der Waals surface area contributed by atoms with Crippen LogP contribution < -0.4 is 0 Å². The maximum Gasteiger partial charge on any atom is 0.160 e. The van der Waals surface area contributed by atoms with Crippen molar-refractivity contribution in [2.75, 3.05) is 0 Å². The Morgan fingerprint density at radius 1 is 0.333 bits per heavy atom. The van der Waals surface area contributed by atoms with Gasteiger partial charge in [-0.3, -0.25) is 0 Å². The Hall–Kier alpha value is -5.60. The Labute approximate surface area is 265 Å². The smallest absolute Gasteiger partial charge is 0.160 e. The lowest BCUT2D eigenvalue weighted by molar-refractivity contribution is 0.641. The Kier molecular flexibility index (Phi) is 7.63. The summed E-state index contributed by atoms with van der Waals surface area (Å²) in [4.78, 5) is 9.94. The molecule has 7 rings (SSSR count). The van der Waals surface area contributed by atoms with Gasteiger partial charge >= 0.3 is 0 Å². The highest BCUT2D eigenvalue weighted by molar-refractivity contribution is 5.74. The normalized spacial score (nSPS) is 11.3. The number of hydrogen-bond donors (Lipinski definition) is 0. The maximum absolute atomic E-state index is 5.00. The molecule has 1 aromatic heterocycles. The lowest BCUT2D eigenvalue weighted by Crippen LogP contribution is -2.18. The average molecular weight is 579 g/mol. The van der Waals surface area contributed by atoms with Crippen LogP contribution in [0.25, 0.3) is 56.2 Å². The third kappa shape index (κ3) is 5.96. The summed E-state index contributed by atoms with van der Waals surface area (Å²) in [5, 5.41) is 0. The van der Waals surface area contributed by atoms with Crippen LogP contribution in [-0.2, 0) is 5.41 Å². The molecule has 0 aliphatic heterocycles. The molecule has 0 saturated heterocycles. The minimum atomic E-state index is -0.168. The predicted molar refractivity (Wildman–Crippen MR) is 188 cm³/mol. The zero-order valence-corrected chi connectivity index (χ0v) is 25.6. The van der Waals surface area contributed by atoms with Crippen molar-refractivity contribution in [1.82, 2.24) is 9.97 Å². The molecule has 0 radical (unpaired) electrons. The molecule has 216 valence electrons. The predicted octanol–water partition coefficient (Wildman–Crippen LogP) is 11.1. The zero-order valence-electron chi connectivity index (χ0n) is 25.6. The van der Waals surface area contributed by atoms with Gasteiger partial charge in [-0.1, -0.05) is 172 Å². The number of nitrogens with zero attached hydrogens (tertiary/aromatic N) is 2. The molecule has 2 nitrogen and oxygen atoms in total. The molecule has 0 fully saturated rings. The van der Waals surface area contributed by atoms with E-state index in [9.17, 15) is 0 Å². The maximum atomic E-state index is 5.00. The summed E-state index contributed by atoms with van der Waals surface area (Å²) in [6, 6.07) is 59.8. The van der Waals surface area contributed by atoms with Crippen LogP contribution in [0.1, 0.15) is 25.0 Å². The SMILES string of the molecule is CC(C)(c1ccc(-c2cccc(-c3ccccc3)c2)cc1)c1ccc(-c2cc(-c3ccccc3)nc(-c3ccccc3)n2)cc1. The van der Waals surface area contributed by atoms with Crippen LogP contribution in [0.3, 0.4) is 0 Å². The van der Waals surface area contributed by atoms with Gasteiger partial charge in [0.15, 0.2) is 5.82 Å². The van der Waals surface area contributed by atoms with Crippen LogP contribution in [0, 0.1) is 0 Å². The van der Waals surface area contributed by atoms with E-state index in [-0.39, 0.29) is 5.41 Å². The van der Waals surface area contributed by atoms with Crippen molar-refractivity contribution in [3.63, 3.8) is 0 Å². The van der Waals surface area contributed by atoms with Crippen LogP contribution in [-0.4, -0.2) is 9.97 Å². The van der Waals surface area contributed by atoms with Crippen molar-refractivity contribution in [3.8, 4) is 56.2 Å². The number of benzene rings is 6. The zero-order chi connectivity index (χ0) is 30.6.